The van der Waals surface area contributed by atoms with E-state index in [2.05, 4.69) is 6.58 Å². The summed E-state index contributed by atoms with van der Waals surface area (Å²) in [5.41, 5.74) is 7.39. The van der Waals surface area contributed by atoms with Gasteiger partial charge in [-0.2, -0.15) is 0 Å². The summed E-state index contributed by atoms with van der Waals surface area (Å²) in [5, 5.41) is 0. The maximum absolute atomic E-state index is 12.3. The van der Waals surface area contributed by atoms with Crippen LogP contribution in [0.2, 0.25) is 0 Å². The minimum absolute atomic E-state index is 0.148. The van der Waals surface area contributed by atoms with Crippen LogP contribution < -0.4 is 5.73 Å². The molecule has 0 spiro atoms. The monoisotopic (exact) mass is 260 g/mol. The Balaban J connectivity index is 2.65. The molecule has 3 nitrogen and oxygen atoms in total. The Morgan fingerprint density at radius 1 is 1.42 bits per heavy atom. The number of nitrogens with zero attached hydrogens (tertiary/aromatic N) is 1. The van der Waals surface area contributed by atoms with E-state index in [1.807, 2.05) is 49.9 Å². The molecule has 2 N–H and O–H groups in total. The lowest BCUT2D eigenvalue weighted by Crippen LogP contribution is -2.45. The van der Waals surface area contributed by atoms with Crippen molar-refractivity contribution in [3.63, 3.8) is 0 Å². The highest BCUT2D eigenvalue weighted by atomic mass is 16.2. The highest BCUT2D eigenvalue weighted by Gasteiger charge is 2.24. The number of rotatable bonds is 5. The fourth-order valence-corrected chi connectivity index (χ4v) is 2.01. The van der Waals surface area contributed by atoms with Gasteiger partial charge >= 0.3 is 0 Å². The first-order chi connectivity index (χ1) is 8.84. The molecule has 1 amide bonds. The van der Waals surface area contributed by atoms with Gasteiger partial charge in [0.25, 0.3) is 0 Å². The van der Waals surface area contributed by atoms with E-state index in [9.17, 15) is 4.79 Å². The van der Waals surface area contributed by atoms with Gasteiger partial charge in [-0.1, -0.05) is 18.2 Å². The lowest BCUT2D eigenvalue weighted by Gasteiger charge is -2.35. The number of nitrogen functional groups attached to an aromatic ring is 1. The molecule has 1 rings (SSSR count). The van der Waals surface area contributed by atoms with E-state index < -0.39 is 0 Å². The summed E-state index contributed by atoms with van der Waals surface area (Å²) in [6, 6.07) is 7.69. The number of aryl methyl sites for hydroxylation is 1. The third-order valence-electron chi connectivity index (χ3n) is 3.00. The summed E-state index contributed by atoms with van der Waals surface area (Å²) in [6.07, 6.45) is 2.98. The molecule has 0 atom stereocenters. The van der Waals surface area contributed by atoms with Crippen LogP contribution in [0.25, 0.3) is 0 Å². The van der Waals surface area contributed by atoms with Crippen molar-refractivity contribution in [2.24, 2.45) is 0 Å². The SMILES string of the molecule is C=CCN(C(=O)CCc1cccc(N)c1)C(C)(C)C. The van der Waals surface area contributed by atoms with Crippen LogP contribution in [0.15, 0.2) is 36.9 Å². The minimum atomic E-state index is -0.180. The van der Waals surface area contributed by atoms with Crippen molar-refractivity contribution in [1.82, 2.24) is 4.90 Å². The van der Waals surface area contributed by atoms with Crippen molar-refractivity contribution >= 4 is 11.6 Å². The second kappa shape index (κ2) is 6.41. The topological polar surface area (TPSA) is 46.3 Å². The Bertz CT molecular complexity index is 446. The van der Waals surface area contributed by atoms with Crippen LogP contribution in [0, 0.1) is 0 Å². The summed E-state index contributed by atoms with van der Waals surface area (Å²) in [5.74, 6) is 0.148. The molecule has 0 unspecified atom stereocenters. The first-order valence-corrected chi connectivity index (χ1v) is 6.60. The highest BCUT2D eigenvalue weighted by molar-refractivity contribution is 5.77. The van der Waals surface area contributed by atoms with Gasteiger partial charge < -0.3 is 10.6 Å². The molecule has 0 radical (unpaired) electrons. The van der Waals surface area contributed by atoms with Gasteiger partial charge in [0.05, 0.1) is 0 Å². The summed E-state index contributed by atoms with van der Waals surface area (Å²) in [4.78, 5) is 14.1. The zero-order valence-corrected chi connectivity index (χ0v) is 12.1. The molecule has 0 aliphatic rings. The molecule has 0 saturated carbocycles. The maximum atomic E-state index is 12.3. The first-order valence-electron chi connectivity index (χ1n) is 6.60. The quantitative estimate of drug-likeness (QED) is 0.653. The molecule has 0 bridgehead atoms. The first kappa shape index (κ1) is 15.3. The Hall–Kier alpha value is -1.77. The van der Waals surface area contributed by atoms with Crippen LogP contribution in [-0.2, 0) is 11.2 Å². The molecule has 19 heavy (non-hydrogen) atoms. The van der Waals surface area contributed by atoms with Gasteiger partial charge in [-0.15, -0.1) is 6.58 Å². The molecule has 0 saturated heterocycles. The van der Waals surface area contributed by atoms with Gasteiger partial charge in [0.1, 0.15) is 0 Å². The fraction of sp³-hybridized carbons (Fsp3) is 0.438. The van der Waals surface area contributed by atoms with Gasteiger partial charge in [0.15, 0.2) is 0 Å². The fourth-order valence-electron chi connectivity index (χ4n) is 2.01. The van der Waals surface area contributed by atoms with Gasteiger partial charge in [0.2, 0.25) is 5.91 Å². The van der Waals surface area contributed by atoms with E-state index in [0.29, 0.717) is 19.4 Å². The van der Waals surface area contributed by atoms with Gasteiger partial charge in [-0.05, 0) is 44.9 Å². The average Bonchev–Trinajstić information content (AvgIpc) is 2.32. The predicted octanol–water partition coefficient (Wildman–Crippen LogP) is 3.01. The summed E-state index contributed by atoms with van der Waals surface area (Å²) in [7, 11) is 0. The van der Waals surface area contributed by atoms with E-state index in [-0.39, 0.29) is 11.4 Å². The number of nitrogens with two attached hydrogens (primary N) is 1. The summed E-state index contributed by atoms with van der Waals surface area (Å²) in [6.45, 7) is 10.4. The van der Waals surface area contributed by atoms with Crippen LogP contribution >= 0.6 is 0 Å². The van der Waals surface area contributed by atoms with Crippen molar-refractivity contribution in [1.29, 1.82) is 0 Å². The number of benzene rings is 1. The molecule has 0 heterocycles. The lowest BCUT2D eigenvalue weighted by atomic mass is 10.0. The number of hydrogen-bond donors (Lipinski definition) is 1. The second-order valence-electron chi connectivity index (χ2n) is 5.71. The molecule has 0 fully saturated rings. The zero-order valence-electron chi connectivity index (χ0n) is 12.1. The molecule has 104 valence electrons. The maximum Gasteiger partial charge on any atom is 0.223 e. The molecule has 1 aromatic rings. The largest absolute Gasteiger partial charge is 0.399 e. The third kappa shape index (κ3) is 4.78. The predicted molar refractivity (Wildman–Crippen MR) is 80.8 cm³/mol. The van der Waals surface area contributed by atoms with Crippen LogP contribution in [-0.4, -0.2) is 22.9 Å². The van der Waals surface area contributed by atoms with E-state index in [4.69, 9.17) is 5.73 Å². The Morgan fingerprint density at radius 2 is 2.11 bits per heavy atom. The third-order valence-corrected chi connectivity index (χ3v) is 3.00. The van der Waals surface area contributed by atoms with E-state index in [0.717, 1.165) is 11.3 Å². The van der Waals surface area contributed by atoms with Crippen LogP contribution in [0.5, 0.6) is 0 Å². The van der Waals surface area contributed by atoms with Crippen molar-refractivity contribution in [3.8, 4) is 0 Å². The Kier molecular flexibility index (Phi) is 5.16. The Labute approximate surface area is 116 Å². The number of anilines is 1. The molecular weight excluding hydrogens is 236 g/mol. The van der Waals surface area contributed by atoms with Crippen molar-refractivity contribution in [2.75, 3.05) is 12.3 Å². The molecule has 1 aromatic carbocycles. The van der Waals surface area contributed by atoms with Gasteiger partial charge in [-0.3, -0.25) is 4.79 Å². The average molecular weight is 260 g/mol. The van der Waals surface area contributed by atoms with Crippen molar-refractivity contribution in [3.05, 3.63) is 42.5 Å². The number of carbonyl (C=O) groups excluding carboxylic acids is 1. The number of hydrogen-bond acceptors (Lipinski definition) is 2. The lowest BCUT2D eigenvalue weighted by molar-refractivity contribution is -0.135. The summed E-state index contributed by atoms with van der Waals surface area (Å²) >= 11 is 0. The van der Waals surface area contributed by atoms with Crippen LogP contribution in [0.1, 0.15) is 32.8 Å². The van der Waals surface area contributed by atoms with E-state index in [1.54, 1.807) is 6.08 Å². The van der Waals surface area contributed by atoms with E-state index >= 15 is 0 Å². The molecule has 3 heteroatoms. The number of amides is 1. The Morgan fingerprint density at radius 3 is 2.63 bits per heavy atom. The van der Waals surface area contributed by atoms with E-state index in [1.165, 1.54) is 0 Å². The second-order valence-corrected chi connectivity index (χ2v) is 5.71. The van der Waals surface area contributed by atoms with Crippen LogP contribution in [0.4, 0.5) is 5.69 Å². The molecule has 0 aromatic heterocycles. The molecular formula is C16H24N2O. The van der Waals surface area contributed by atoms with Gasteiger partial charge in [0, 0.05) is 24.2 Å². The highest BCUT2D eigenvalue weighted by Crippen LogP contribution is 2.16. The standard InChI is InChI=1S/C16H24N2O/c1-5-11-18(16(2,3)4)15(19)10-9-13-7-6-8-14(17)12-13/h5-8,12H,1,9-11,17H2,2-4H3. The summed E-state index contributed by atoms with van der Waals surface area (Å²) < 4.78 is 0. The zero-order chi connectivity index (χ0) is 14.5. The molecule has 0 aliphatic heterocycles. The van der Waals surface area contributed by atoms with Crippen molar-refractivity contribution in [2.45, 2.75) is 39.2 Å². The number of carbonyl (C=O) groups is 1. The van der Waals surface area contributed by atoms with Crippen molar-refractivity contribution < 1.29 is 4.79 Å². The molecule has 0 aliphatic carbocycles. The normalized spacial score (nSPS) is 11.1. The van der Waals surface area contributed by atoms with Gasteiger partial charge in [-0.25, -0.2) is 0 Å². The smallest absolute Gasteiger partial charge is 0.223 e. The van der Waals surface area contributed by atoms with Crippen LogP contribution in [0.3, 0.4) is 0 Å². The minimum Gasteiger partial charge on any atom is -0.399 e.